The molecule has 0 bridgehead atoms. The van der Waals surface area contributed by atoms with Crippen LogP contribution in [0.15, 0.2) is 60.8 Å². The number of carbonyl (C=O) groups is 1. The lowest BCUT2D eigenvalue weighted by Crippen LogP contribution is -1.98. The molecule has 5 nitrogen and oxygen atoms in total. The summed E-state index contributed by atoms with van der Waals surface area (Å²) >= 11 is 5.86. The number of carboxylic acid groups (broad SMARTS) is 1. The van der Waals surface area contributed by atoms with Crippen molar-refractivity contribution in [1.82, 2.24) is 9.38 Å². The largest absolute Gasteiger partial charge is 0.478 e. The average Bonchev–Trinajstić information content (AvgIpc) is 3.05. The Morgan fingerprint density at radius 3 is 2.54 bits per heavy atom. The molecule has 0 saturated carbocycles. The Morgan fingerprint density at radius 1 is 1.11 bits per heavy atom. The van der Waals surface area contributed by atoms with Crippen LogP contribution in [-0.4, -0.2) is 20.5 Å². The minimum Gasteiger partial charge on any atom is -0.478 e. The van der Waals surface area contributed by atoms with Gasteiger partial charge in [0.2, 0.25) is 0 Å². The number of carboxylic acids is 1. The van der Waals surface area contributed by atoms with Gasteiger partial charge in [0.25, 0.3) is 0 Å². The Hall–Kier alpha value is -3.69. The van der Waals surface area contributed by atoms with Crippen molar-refractivity contribution >= 4 is 23.2 Å². The number of hydrogen-bond acceptors (Lipinski definition) is 3. The van der Waals surface area contributed by atoms with Gasteiger partial charge in [-0.3, -0.25) is 4.40 Å². The number of nitriles is 1. The molecule has 0 fully saturated rings. The number of nitrogens with zero attached hydrogens (tertiary/aromatic N) is 3. The van der Waals surface area contributed by atoms with Gasteiger partial charge in [-0.2, -0.15) is 5.26 Å². The number of pyridine rings is 1. The van der Waals surface area contributed by atoms with E-state index in [4.69, 9.17) is 11.6 Å². The summed E-state index contributed by atoms with van der Waals surface area (Å²) < 4.78 is 16.0. The lowest BCUT2D eigenvalue weighted by atomic mass is 9.96. The highest BCUT2D eigenvalue weighted by Gasteiger charge is 2.19. The molecular formula is C21H11ClFN3O2. The predicted molar refractivity (Wildman–Crippen MR) is 103 cm³/mol. The van der Waals surface area contributed by atoms with Crippen molar-refractivity contribution in [3.63, 3.8) is 0 Å². The van der Waals surface area contributed by atoms with E-state index in [2.05, 4.69) is 11.1 Å². The maximum atomic E-state index is 14.5. The second kappa shape index (κ2) is 6.80. The third kappa shape index (κ3) is 2.88. The van der Waals surface area contributed by atoms with Crippen molar-refractivity contribution in [2.75, 3.05) is 0 Å². The molecule has 28 heavy (non-hydrogen) atoms. The van der Waals surface area contributed by atoms with Gasteiger partial charge in [0, 0.05) is 22.3 Å². The Bertz CT molecular complexity index is 1290. The van der Waals surface area contributed by atoms with Crippen LogP contribution in [0.1, 0.15) is 16.1 Å². The maximum Gasteiger partial charge on any atom is 0.335 e. The highest BCUT2D eigenvalue weighted by atomic mass is 35.5. The molecule has 136 valence electrons. The van der Waals surface area contributed by atoms with Crippen LogP contribution in [-0.2, 0) is 0 Å². The highest BCUT2D eigenvalue weighted by Crippen LogP contribution is 2.35. The Morgan fingerprint density at radius 2 is 1.86 bits per heavy atom. The number of hydrogen-bond donors (Lipinski definition) is 1. The topological polar surface area (TPSA) is 78.4 Å². The van der Waals surface area contributed by atoms with Gasteiger partial charge in [-0.1, -0.05) is 35.9 Å². The molecule has 7 heteroatoms. The van der Waals surface area contributed by atoms with E-state index in [0.29, 0.717) is 28.0 Å². The van der Waals surface area contributed by atoms with E-state index in [1.807, 2.05) is 0 Å². The number of halogens is 2. The van der Waals surface area contributed by atoms with Gasteiger partial charge < -0.3 is 5.11 Å². The molecule has 2 aromatic carbocycles. The average molecular weight is 392 g/mol. The normalized spacial score (nSPS) is 10.8. The number of rotatable bonds is 3. The summed E-state index contributed by atoms with van der Waals surface area (Å²) in [5.41, 5.74) is 2.38. The zero-order valence-corrected chi connectivity index (χ0v) is 15.0. The third-order valence-electron chi connectivity index (χ3n) is 4.38. The standard InChI is InChI=1S/C21H11ClFN3O2/c22-13-5-6-15(17(23)10-13)14-3-1-2-4-16(14)20-18(11-24)26-8-7-12(21(27)28)9-19(26)25-20/h1-10H,(H,27,28). The Labute approximate surface area is 163 Å². The van der Waals surface area contributed by atoms with Crippen LogP contribution in [0.4, 0.5) is 4.39 Å². The predicted octanol–water partition coefficient (Wildman–Crippen LogP) is 5.03. The zero-order valence-electron chi connectivity index (χ0n) is 14.2. The Balaban J connectivity index is 1.99. The lowest BCUT2D eigenvalue weighted by Gasteiger charge is -2.09. The van der Waals surface area contributed by atoms with E-state index in [1.54, 1.807) is 36.4 Å². The summed E-state index contributed by atoms with van der Waals surface area (Å²) in [6.07, 6.45) is 1.49. The Kier molecular flexibility index (Phi) is 4.30. The van der Waals surface area contributed by atoms with Crippen molar-refractivity contribution in [1.29, 1.82) is 5.26 Å². The first-order valence-corrected chi connectivity index (χ1v) is 8.57. The van der Waals surface area contributed by atoms with Crippen molar-refractivity contribution in [2.24, 2.45) is 0 Å². The SMILES string of the molecule is N#Cc1c(-c2ccccc2-c2ccc(Cl)cc2F)nc2cc(C(=O)O)ccn12. The molecule has 1 N–H and O–H groups in total. The lowest BCUT2D eigenvalue weighted by molar-refractivity contribution is 0.0697. The summed E-state index contributed by atoms with van der Waals surface area (Å²) in [7, 11) is 0. The highest BCUT2D eigenvalue weighted by molar-refractivity contribution is 6.30. The molecule has 0 aliphatic carbocycles. The molecule has 0 spiro atoms. The molecule has 2 heterocycles. The number of imidazole rings is 1. The van der Waals surface area contributed by atoms with Gasteiger partial charge in [0.1, 0.15) is 23.2 Å². The van der Waals surface area contributed by atoms with E-state index in [-0.39, 0.29) is 16.3 Å². The monoisotopic (exact) mass is 391 g/mol. The van der Waals surface area contributed by atoms with E-state index >= 15 is 0 Å². The van der Waals surface area contributed by atoms with Gasteiger partial charge in [-0.05, 0) is 35.9 Å². The third-order valence-corrected chi connectivity index (χ3v) is 4.62. The first-order chi connectivity index (χ1) is 13.5. The minimum absolute atomic E-state index is 0.0607. The summed E-state index contributed by atoms with van der Waals surface area (Å²) in [5.74, 6) is -1.58. The van der Waals surface area contributed by atoms with E-state index in [0.717, 1.165) is 0 Å². The van der Waals surface area contributed by atoms with Crippen molar-refractivity contribution in [2.45, 2.75) is 0 Å². The summed E-state index contributed by atoms with van der Waals surface area (Å²) in [5, 5.41) is 19.1. The smallest absolute Gasteiger partial charge is 0.335 e. The number of fused-ring (bicyclic) bond motifs is 1. The molecule has 0 aliphatic rings. The fourth-order valence-corrected chi connectivity index (χ4v) is 3.26. The molecule has 0 aliphatic heterocycles. The summed E-state index contributed by atoms with van der Waals surface area (Å²) in [6.45, 7) is 0. The molecular weight excluding hydrogens is 381 g/mol. The molecule has 0 radical (unpaired) electrons. The van der Waals surface area contributed by atoms with Crippen LogP contribution in [0.5, 0.6) is 0 Å². The molecule has 0 saturated heterocycles. The minimum atomic E-state index is -1.09. The van der Waals surface area contributed by atoms with E-state index in [9.17, 15) is 19.6 Å². The maximum absolute atomic E-state index is 14.5. The number of aromatic nitrogens is 2. The van der Waals surface area contributed by atoms with Crippen LogP contribution in [0.2, 0.25) is 5.02 Å². The van der Waals surface area contributed by atoms with Gasteiger partial charge >= 0.3 is 5.97 Å². The zero-order chi connectivity index (χ0) is 19.8. The van der Waals surface area contributed by atoms with Crippen molar-refractivity contribution in [3.05, 3.63) is 82.9 Å². The van der Waals surface area contributed by atoms with Gasteiger partial charge in [-0.25, -0.2) is 14.2 Å². The van der Waals surface area contributed by atoms with Crippen LogP contribution in [0.3, 0.4) is 0 Å². The summed E-state index contributed by atoms with van der Waals surface area (Å²) in [6, 6.07) is 16.3. The van der Waals surface area contributed by atoms with Crippen LogP contribution in [0, 0.1) is 17.1 Å². The number of benzene rings is 2. The molecule has 0 atom stereocenters. The van der Waals surface area contributed by atoms with Crippen LogP contribution < -0.4 is 0 Å². The van der Waals surface area contributed by atoms with E-state index in [1.165, 1.54) is 28.8 Å². The number of aromatic carboxylic acids is 1. The van der Waals surface area contributed by atoms with Crippen LogP contribution >= 0.6 is 11.6 Å². The fourth-order valence-electron chi connectivity index (χ4n) is 3.10. The van der Waals surface area contributed by atoms with Crippen molar-refractivity contribution < 1.29 is 14.3 Å². The van der Waals surface area contributed by atoms with Gasteiger partial charge in [0.15, 0.2) is 5.69 Å². The molecule has 4 rings (SSSR count). The first-order valence-electron chi connectivity index (χ1n) is 8.20. The quantitative estimate of drug-likeness (QED) is 0.531. The molecule has 2 aromatic heterocycles. The first kappa shape index (κ1) is 17.7. The van der Waals surface area contributed by atoms with Gasteiger partial charge in [-0.15, -0.1) is 0 Å². The van der Waals surface area contributed by atoms with Crippen molar-refractivity contribution in [3.8, 4) is 28.5 Å². The molecule has 4 aromatic rings. The second-order valence-corrected chi connectivity index (χ2v) is 6.48. The summed E-state index contributed by atoms with van der Waals surface area (Å²) in [4.78, 5) is 15.7. The van der Waals surface area contributed by atoms with E-state index < -0.39 is 11.8 Å². The van der Waals surface area contributed by atoms with Gasteiger partial charge in [0.05, 0.1) is 5.56 Å². The van der Waals surface area contributed by atoms with Crippen LogP contribution in [0.25, 0.3) is 28.0 Å². The molecule has 0 unspecified atom stereocenters. The molecule has 0 amide bonds. The second-order valence-electron chi connectivity index (χ2n) is 6.04. The fraction of sp³-hybridized carbons (Fsp3) is 0.